The predicted octanol–water partition coefficient (Wildman–Crippen LogP) is 3.11. The fraction of sp³-hybridized carbons (Fsp3) is 0.400. The molecule has 0 amide bonds. The molecule has 1 rings (SSSR count). The first-order chi connectivity index (χ1) is 7.24. The van der Waals surface area contributed by atoms with Crippen LogP contribution in [0.2, 0.25) is 5.02 Å². The summed E-state index contributed by atoms with van der Waals surface area (Å²) in [4.78, 5) is 0. The Kier molecular flexibility index (Phi) is 5.76. The number of hydrogen-bond donors (Lipinski definition) is 0. The van der Waals surface area contributed by atoms with E-state index in [1.807, 2.05) is 0 Å². The third-order valence-corrected chi connectivity index (χ3v) is 2.05. The Labute approximate surface area is 97.9 Å². The molecular weight excluding hydrogens is 242 g/mol. The van der Waals surface area contributed by atoms with Gasteiger partial charge in [0.15, 0.2) is 0 Å². The van der Waals surface area contributed by atoms with E-state index < -0.39 is 5.82 Å². The van der Waals surface area contributed by atoms with Gasteiger partial charge in [-0.1, -0.05) is 11.6 Å². The molecule has 0 aliphatic carbocycles. The van der Waals surface area contributed by atoms with Crippen LogP contribution in [0.4, 0.5) is 4.39 Å². The summed E-state index contributed by atoms with van der Waals surface area (Å²) < 4.78 is 23.1. The minimum atomic E-state index is -0.456. The van der Waals surface area contributed by atoms with Gasteiger partial charge in [-0.2, -0.15) is 0 Å². The molecular formula is C10H11Cl2FO2. The highest BCUT2D eigenvalue weighted by Gasteiger charge is 2.01. The molecule has 0 heterocycles. The van der Waals surface area contributed by atoms with Crippen LogP contribution in [0.1, 0.15) is 0 Å². The molecule has 0 radical (unpaired) electrons. The summed E-state index contributed by atoms with van der Waals surface area (Å²) in [6, 6.07) is 4.21. The molecule has 0 unspecified atom stereocenters. The fourth-order valence-electron chi connectivity index (χ4n) is 0.942. The van der Waals surface area contributed by atoms with E-state index in [9.17, 15) is 4.39 Å². The summed E-state index contributed by atoms with van der Waals surface area (Å²) in [5, 5.41) is 0.0502. The van der Waals surface area contributed by atoms with Crippen molar-refractivity contribution >= 4 is 23.2 Å². The Hall–Kier alpha value is -0.510. The van der Waals surface area contributed by atoms with Gasteiger partial charge in [-0.15, -0.1) is 11.6 Å². The van der Waals surface area contributed by atoms with Crippen molar-refractivity contribution in [2.75, 3.05) is 25.7 Å². The normalized spacial score (nSPS) is 10.3. The molecule has 0 aliphatic heterocycles. The maximum atomic E-state index is 12.8. The van der Waals surface area contributed by atoms with Gasteiger partial charge in [-0.05, 0) is 12.1 Å². The summed E-state index contributed by atoms with van der Waals surface area (Å²) in [7, 11) is 0. The Balaban J connectivity index is 2.28. The molecule has 0 atom stereocenters. The van der Waals surface area contributed by atoms with Crippen LogP contribution in [0.5, 0.6) is 5.75 Å². The van der Waals surface area contributed by atoms with Crippen LogP contribution in [-0.2, 0) is 4.74 Å². The van der Waals surface area contributed by atoms with Crippen molar-refractivity contribution in [1.29, 1.82) is 0 Å². The molecule has 0 saturated heterocycles. The molecule has 0 bridgehead atoms. The standard InChI is InChI=1S/C10H11Cl2FO2/c11-3-4-14-5-6-15-8-1-2-10(13)9(12)7-8/h1-2,7H,3-6H2. The zero-order valence-electron chi connectivity index (χ0n) is 8.01. The molecule has 0 fully saturated rings. The van der Waals surface area contributed by atoms with Crippen LogP contribution in [0.15, 0.2) is 18.2 Å². The number of benzene rings is 1. The summed E-state index contributed by atoms with van der Waals surface area (Å²) in [5.74, 6) is 0.529. The number of alkyl halides is 1. The van der Waals surface area contributed by atoms with Crippen molar-refractivity contribution < 1.29 is 13.9 Å². The van der Waals surface area contributed by atoms with Gasteiger partial charge in [0.1, 0.15) is 18.2 Å². The van der Waals surface area contributed by atoms with Crippen LogP contribution in [0.3, 0.4) is 0 Å². The molecule has 15 heavy (non-hydrogen) atoms. The summed E-state index contributed by atoms with van der Waals surface area (Å²) in [6.45, 7) is 1.33. The second kappa shape index (κ2) is 6.88. The van der Waals surface area contributed by atoms with E-state index in [2.05, 4.69) is 0 Å². The quantitative estimate of drug-likeness (QED) is 0.572. The van der Waals surface area contributed by atoms with Crippen molar-refractivity contribution in [1.82, 2.24) is 0 Å². The van der Waals surface area contributed by atoms with E-state index in [-0.39, 0.29) is 5.02 Å². The second-order valence-corrected chi connectivity index (χ2v) is 3.51. The van der Waals surface area contributed by atoms with E-state index in [0.29, 0.717) is 31.5 Å². The van der Waals surface area contributed by atoms with E-state index in [0.717, 1.165) is 0 Å². The van der Waals surface area contributed by atoms with E-state index in [4.69, 9.17) is 32.7 Å². The Morgan fingerprint density at radius 2 is 2.00 bits per heavy atom. The Bertz CT molecular complexity index is 307. The first-order valence-corrected chi connectivity index (χ1v) is 5.37. The number of halogens is 3. The lowest BCUT2D eigenvalue weighted by Crippen LogP contribution is -2.07. The molecule has 1 aromatic rings. The van der Waals surface area contributed by atoms with E-state index >= 15 is 0 Å². The SMILES string of the molecule is Fc1ccc(OCCOCCCl)cc1Cl. The third kappa shape index (κ3) is 4.69. The molecule has 2 nitrogen and oxygen atoms in total. The second-order valence-electron chi connectivity index (χ2n) is 2.73. The average molecular weight is 253 g/mol. The van der Waals surface area contributed by atoms with Crippen molar-refractivity contribution in [2.45, 2.75) is 0 Å². The van der Waals surface area contributed by atoms with E-state index in [1.54, 1.807) is 0 Å². The highest BCUT2D eigenvalue weighted by molar-refractivity contribution is 6.30. The van der Waals surface area contributed by atoms with Crippen LogP contribution in [0.25, 0.3) is 0 Å². The lowest BCUT2D eigenvalue weighted by molar-refractivity contribution is 0.111. The minimum absolute atomic E-state index is 0.0502. The zero-order valence-corrected chi connectivity index (χ0v) is 9.52. The summed E-state index contributed by atoms with van der Waals surface area (Å²) in [6.07, 6.45) is 0. The lowest BCUT2D eigenvalue weighted by Gasteiger charge is -2.06. The Morgan fingerprint density at radius 1 is 1.20 bits per heavy atom. The summed E-state index contributed by atoms with van der Waals surface area (Å²) >= 11 is 11.0. The van der Waals surface area contributed by atoms with Gasteiger partial charge in [0.2, 0.25) is 0 Å². The molecule has 0 saturated carbocycles. The van der Waals surface area contributed by atoms with Crippen LogP contribution < -0.4 is 4.74 Å². The topological polar surface area (TPSA) is 18.5 Å². The maximum Gasteiger partial charge on any atom is 0.142 e. The first kappa shape index (κ1) is 12.6. The highest BCUT2D eigenvalue weighted by Crippen LogP contribution is 2.20. The van der Waals surface area contributed by atoms with Gasteiger partial charge in [-0.3, -0.25) is 0 Å². The molecule has 0 aromatic heterocycles. The van der Waals surface area contributed by atoms with Gasteiger partial charge in [0, 0.05) is 11.9 Å². The number of rotatable bonds is 6. The van der Waals surface area contributed by atoms with Crippen LogP contribution in [0, 0.1) is 5.82 Å². The number of ether oxygens (including phenoxy) is 2. The largest absolute Gasteiger partial charge is 0.491 e. The summed E-state index contributed by atoms with van der Waals surface area (Å²) in [5.41, 5.74) is 0. The van der Waals surface area contributed by atoms with Crippen LogP contribution >= 0.6 is 23.2 Å². The third-order valence-electron chi connectivity index (χ3n) is 1.61. The first-order valence-electron chi connectivity index (χ1n) is 4.45. The van der Waals surface area contributed by atoms with Crippen molar-refractivity contribution in [2.24, 2.45) is 0 Å². The smallest absolute Gasteiger partial charge is 0.142 e. The van der Waals surface area contributed by atoms with Crippen molar-refractivity contribution in [3.63, 3.8) is 0 Å². The Morgan fingerprint density at radius 3 is 2.67 bits per heavy atom. The molecule has 0 N–H and O–H groups in total. The predicted molar refractivity (Wildman–Crippen MR) is 58.4 cm³/mol. The van der Waals surface area contributed by atoms with Gasteiger partial charge in [0.25, 0.3) is 0 Å². The van der Waals surface area contributed by atoms with Crippen molar-refractivity contribution in [3.8, 4) is 5.75 Å². The van der Waals surface area contributed by atoms with Gasteiger partial charge in [0.05, 0.1) is 18.2 Å². The minimum Gasteiger partial charge on any atom is -0.491 e. The zero-order chi connectivity index (χ0) is 11.1. The van der Waals surface area contributed by atoms with Crippen LogP contribution in [-0.4, -0.2) is 25.7 Å². The van der Waals surface area contributed by atoms with Gasteiger partial charge >= 0.3 is 0 Å². The highest BCUT2D eigenvalue weighted by atomic mass is 35.5. The average Bonchev–Trinajstić information content (AvgIpc) is 2.23. The van der Waals surface area contributed by atoms with Crippen molar-refractivity contribution in [3.05, 3.63) is 29.0 Å². The fourth-order valence-corrected chi connectivity index (χ4v) is 1.22. The van der Waals surface area contributed by atoms with Gasteiger partial charge < -0.3 is 9.47 Å². The molecule has 0 aliphatic rings. The van der Waals surface area contributed by atoms with E-state index in [1.165, 1.54) is 18.2 Å². The monoisotopic (exact) mass is 252 g/mol. The molecule has 1 aromatic carbocycles. The molecule has 0 spiro atoms. The maximum absolute atomic E-state index is 12.8. The molecule has 5 heteroatoms. The van der Waals surface area contributed by atoms with Gasteiger partial charge in [-0.25, -0.2) is 4.39 Å². The number of hydrogen-bond acceptors (Lipinski definition) is 2. The molecule has 84 valence electrons. The lowest BCUT2D eigenvalue weighted by atomic mass is 10.3.